The van der Waals surface area contributed by atoms with Gasteiger partial charge in [0.2, 0.25) is 0 Å². The fourth-order valence-electron chi connectivity index (χ4n) is 3.63. The number of aromatic nitrogens is 2. The van der Waals surface area contributed by atoms with Crippen molar-refractivity contribution in [2.75, 3.05) is 11.9 Å². The molecule has 1 spiro atoms. The van der Waals surface area contributed by atoms with Crippen molar-refractivity contribution in [2.24, 2.45) is 23.2 Å². The summed E-state index contributed by atoms with van der Waals surface area (Å²) in [7, 11) is 1.67. The number of amidine groups is 1. The summed E-state index contributed by atoms with van der Waals surface area (Å²) in [5, 5.41) is 6.99. The molecule has 0 unspecified atom stereocenters. The molecule has 27 heavy (non-hydrogen) atoms. The average Bonchev–Trinajstić information content (AvgIpc) is 3.32. The van der Waals surface area contributed by atoms with Gasteiger partial charge in [-0.25, -0.2) is 9.38 Å². The van der Waals surface area contributed by atoms with Crippen molar-refractivity contribution in [3.8, 4) is 0 Å². The third kappa shape index (κ3) is 2.84. The van der Waals surface area contributed by atoms with Crippen molar-refractivity contribution >= 4 is 29.2 Å². The first kappa shape index (κ1) is 17.8. The largest absolute Gasteiger partial charge is 0.465 e. The van der Waals surface area contributed by atoms with Crippen LogP contribution in [0.25, 0.3) is 0 Å². The zero-order valence-electron chi connectivity index (χ0n) is 14.9. The third-order valence-electron chi connectivity index (χ3n) is 5.46. The Kier molecular flexibility index (Phi) is 3.92. The van der Waals surface area contributed by atoms with E-state index in [1.165, 1.54) is 23.0 Å². The molecule has 2 heterocycles. The van der Waals surface area contributed by atoms with Gasteiger partial charge in [0.05, 0.1) is 11.6 Å². The van der Waals surface area contributed by atoms with E-state index >= 15 is 0 Å². The minimum absolute atomic E-state index is 0.0455. The fourth-order valence-corrected chi connectivity index (χ4v) is 3.90. The number of carbonyl (C=O) groups excluding carboxylic acids is 1. The number of aliphatic imine (C=N–C) groups is 1. The van der Waals surface area contributed by atoms with E-state index in [0.29, 0.717) is 17.9 Å². The van der Waals surface area contributed by atoms with Crippen LogP contribution in [0.2, 0.25) is 5.02 Å². The molecule has 1 aliphatic carbocycles. The van der Waals surface area contributed by atoms with Crippen LogP contribution in [-0.2, 0) is 17.3 Å². The van der Waals surface area contributed by atoms with Gasteiger partial charge in [0.15, 0.2) is 5.69 Å². The number of nitrogens with zero attached hydrogens (tertiary/aromatic N) is 3. The van der Waals surface area contributed by atoms with E-state index in [-0.39, 0.29) is 22.2 Å². The first-order valence-electron chi connectivity index (χ1n) is 8.53. The molecule has 2 aliphatic rings. The van der Waals surface area contributed by atoms with Gasteiger partial charge >= 0.3 is 0 Å². The van der Waals surface area contributed by atoms with Crippen LogP contribution < -0.4 is 11.1 Å². The zero-order chi connectivity index (χ0) is 19.4. The predicted molar refractivity (Wildman–Crippen MR) is 99.2 cm³/mol. The van der Waals surface area contributed by atoms with Crippen LogP contribution in [0.1, 0.15) is 35.8 Å². The SMILES string of the molecule is Cn1cc(Cl)c(C(=O)Nc2ccc(F)c([C@@]3(C)N=C(N)OCC34CC4)c2)n1. The second kappa shape index (κ2) is 5.95. The lowest BCUT2D eigenvalue weighted by Crippen LogP contribution is -2.43. The smallest absolute Gasteiger partial charge is 0.282 e. The van der Waals surface area contributed by atoms with E-state index in [9.17, 15) is 9.18 Å². The van der Waals surface area contributed by atoms with Crippen LogP contribution in [0.5, 0.6) is 0 Å². The lowest BCUT2D eigenvalue weighted by atomic mass is 9.76. The monoisotopic (exact) mass is 391 g/mol. The molecule has 3 N–H and O–H groups in total. The highest BCUT2D eigenvalue weighted by Gasteiger charge is 2.61. The Morgan fingerprint density at radius 2 is 2.19 bits per heavy atom. The number of aryl methyl sites for hydroxylation is 1. The van der Waals surface area contributed by atoms with Crippen molar-refractivity contribution < 1.29 is 13.9 Å². The highest BCUT2D eigenvalue weighted by atomic mass is 35.5. The van der Waals surface area contributed by atoms with Gasteiger partial charge < -0.3 is 15.8 Å². The molecular weight excluding hydrogens is 373 g/mol. The molecule has 4 rings (SSSR count). The molecule has 1 amide bonds. The molecule has 7 nitrogen and oxygen atoms in total. The number of rotatable bonds is 3. The molecule has 1 aromatic heterocycles. The third-order valence-corrected chi connectivity index (χ3v) is 5.74. The van der Waals surface area contributed by atoms with Crippen LogP contribution >= 0.6 is 11.6 Å². The number of amides is 1. The maximum atomic E-state index is 14.7. The molecule has 1 aromatic carbocycles. The van der Waals surface area contributed by atoms with E-state index in [1.54, 1.807) is 13.1 Å². The highest BCUT2D eigenvalue weighted by molar-refractivity contribution is 6.34. The van der Waals surface area contributed by atoms with Crippen LogP contribution in [0.4, 0.5) is 10.1 Å². The van der Waals surface area contributed by atoms with Gasteiger partial charge in [-0.2, -0.15) is 5.10 Å². The van der Waals surface area contributed by atoms with Crippen molar-refractivity contribution in [2.45, 2.75) is 25.3 Å². The summed E-state index contributed by atoms with van der Waals surface area (Å²) in [6.07, 6.45) is 3.28. The lowest BCUT2D eigenvalue weighted by molar-refractivity contribution is 0.102. The van der Waals surface area contributed by atoms with Crippen molar-refractivity contribution in [3.63, 3.8) is 0 Å². The van der Waals surface area contributed by atoms with E-state index in [4.69, 9.17) is 22.1 Å². The highest BCUT2D eigenvalue weighted by Crippen LogP contribution is 2.62. The first-order valence-corrected chi connectivity index (χ1v) is 8.91. The summed E-state index contributed by atoms with van der Waals surface area (Å²) < 4.78 is 21.6. The standard InChI is InChI=1S/C18H19ClFN5O2/c1-17(18(5-6-18)9-27-16(21)23-17)11-7-10(3-4-13(11)20)22-15(26)14-12(19)8-25(2)24-14/h3-4,7-8H,5-6,9H2,1-2H3,(H2,21,23)(H,22,26)/t17-/m1/s1. The molecular formula is C18H19ClFN5O2. The molecule has 0 bridgehead atoms. The van der Waals surface area contributed by atoms with Gasteiger partial charge in [-0.15, -0.1) is 0 Å². The Labute approximate surface area is 160 Å². The van der Waals surface area contributed by atoms with Crippen molar-refractivity contribution in [1.29, 1.82) is 0 Å². The number of anilines is 1. The number of hydrogen-bond acceptors (Lipinski definition) is 5. The van der Waals surface area contributed by atoms with Gasteiger partial charge in [-0.3, -0.25) is 9.48 Å². The molecule has 142 valence electrons. The maximum Gasteiger partial charge on any atom is 0.282 e. The topological polar surface area (TPSA) is 94.5 Å². The van der Waals surface area contributed by atoms with E-state index < -0.39 is 17.3 Å². The van der Waals surface area contributed by atoms with Crippen LogP contribution in [0, 0.1) is 11.2 Å². The molecule has 0 saturated heterocycles. The van der Waals surface area contributed by atoms with Crippen LogP contribution in [0.3, 0.4) is 0 Å². The van der Waals surface area contributed by atoms with Crippen molar-refractivity contribution in [3.05, 3.63) is 46.5 Å². The second-order valence-corrected chi connectivity index (χ2v) is 7.65. The van der Waals surface area contributed by atoms with Crippen LogP contribution in [-0.4, -0.2) is 28.3 Å². The number of nitrogens with two attached hydrogens (primary N) is 1. The number of benzene rings is 1. The quantitative estimate of drug-likeness (QED) is 0.841. The number of ether oxygens (including phenoxy) is 1. The number of carbonyl (C=O) groups is 1. The summed E-state index contributed by atoms with van der Waals surface area (Å²) in [6, 6.07) is 4.44. The Balaban J connectivity index is 1.69. The van der Waals surface area contributed by atoms with E-state index in [1.807, 2.05) is 6.92 Å². The van der Waals surface area contributed by atoms with E-state index in [2.05, 4.69) is 15.4 Å². The molecule has 9 heteroatoms. The summed E-state index contributed by atoms with van der Waals surface area (Å²) in [6.45, 7) is 2.26. The molecule has 1 atom stereocenters. The summed E-state index contributed by atoms with van der Waals surface area (Å²) in [5.74, 6) is -0.879. The fraction of sp³-hybridized carbons (Fsp3) is 0.389. The molecule has 1 fully saturated rings. The minimum Gasteiger partial charge on any atom is -0.465 e. The average molecular weight is 392 g/mol. The number of halogens is 2. The van der Waals surface area contributed by atoms with Crippen LogP contribution in [0.15, 0.2) is 29.4 Å². The van der Waals surface area contributed by atoms with Gasteiger partial charge in [0.1, 0.15) is 11.4 Å². The number of hydrogen-bond donors (Lipinski definition) is 2. The summed E-state index contributed by atoms with van der Waals surface area (Å²) in [5.41, 5.74) is 5.54. The normalized spacial score (nSPS) is 22.9. The minimum atomic E-state index is -0.858. The van der Waals surface area contributed by atoms with E-state index in [0.717, 1.165) is 12.8 Å². The molecule has 1 aliphatic heterocycles. The summed E-state index contributed by atoms with van der Waals surface area (Å²) in [4.78, 5) is 16.9. The zero-order valence-corrected chi connectivity index (χ0v) is 15.7. The Hall–Kier alpha value is -2.61. The van der Waals surface area contributed by atoms with Gasteiger partial charge in [0, 0.05) is 29.9 Å². The predicted octanol–water partition coefficient (Wildman–Crippen LogP) is 2.81. The van der Waals surface area contributed by atoms with Gasteiger partial charge in [-0.1, -0.05) is 11.6 Å². The lowest BCUT2D eigenvalue weighted by Gasteiger charge is -2.38. The number of nitrogens with one attached hydrogen (secondary N) is 1. The first-order chi connectivity index (χ1) is 12.7. The van der Waals surface area contributed by atoms with Gasteiger partial charge in [0.25, 0.3) is 11.9 Å². The molecule has 0 radical (unpaired) electrons. The summed E-state index contributed by atoms with van der Waals surface area (Å²) >= 11 is 6.02. The van der Waals surface area contributed by atoms with Crippen molar-refractivity contribution in [1.82, 2.24) is 9.78 Å². The Morgan fingerprint density at radius 1 is 1.44 bits per heavy atom. The molecule has 2 aromatic rings. The second-order valence-electron chi connectivity index (χ2n) is 7.24. The Morgan fingerprint density at radius 3 is 2.81 bits per heavy atom. The Bertz CT molecular complexity index is 969. The molecule has 1 saturated carbocycles. The van der Waals surface area contributed by atoms with Gasteiger partial charge in [-0.05, 0) is 38.0 Å². The maximum absolute atomic E-state index is 14.7.